The normalized spacial score (nSPS) is 13.8. The molecule has 0 bridgehead atoms. The number of amides is 1. The molecule has 1 amide bonds. The molecule has 1 atom stereocenters. The summed E-state index contributed by atoms with van der Waals surface area (Å²) < 4.78 is 12.8. The monoisotopic (exact) mass is 396 g/mol. The summed E-state index contributed by atoms with van der Waals surface area (Å²) in [6.07, 6.45) is 3.14. The number of nitrogens with one attached hydrogen (secondary N) is 1. The number of nitrogens with zero attached hydrogens (tertiary/aromatic N) is 3. The minimum Gasteiger partial charge on any atom is -0.486 e. The average molecular weight is 396 g/mol. The van der Waals surface area contributed by atoms with Crippen LogP contribution in [0, 0.1) is 0 Å². The summed E-state index contributed by atoms with van der Waals surface area (Å²) in [5.74, 6) is 1.80. The molecule has 0 aliphatic carbocycles. The molecule has 1 aliphatic heterocycles. The predicted octanol–water partition coefficient (Wildman–Crippen LogP) is 3.01. The molecule has 7 nitrogen and oxygen atoms in total. The minimum absolute atomic E-state index is 0.0206. The molecule has 144 valence electrons. The number of carbonyl (C=O) groups excluding carboxylic acids is 1. The van der Waals surface area contributed by atoms with Crippen LogP contribution in [0.25, 0.3) is 5.69 Å². The molecule has 1 aliphatic rings. The highest BCUT2D eigenvalue weighted by Gasteiger charge is 2.14. The van der Waals surface area contributed by atoms with Gasteiger partial charge in [0.05, 0.1) is 17.5 Å². The maximum Gasteiger partial charge on any atom is 0.230 e. The van der Waals surface area contributed by atoms with Gasteiger partial charge in [0, 0.05) is 4.90 Å². The van der Waals surface area contributed by atoms with Crippen LogP contribution >= 0.6 is 11.8 Å². The lowest BCUT2D eigenvalue weighted by Crippen LogP contribution is -2.28. The fraction of sp³-hybridized carbons (Fsp3) is 0.250. The van der Waals surface area contributed by atoms with E-state index in [1.807, 2.05) is 49.4 Å². The van der Waals surface area contributed by atoms with Crippen LogP contribution in [0.4, 0.5) is 0 Å². The van der Waals surface area contributed by atoms with E-state index < -0.39 is 0 Å². The largest absolute Gasteiger partial charge is 0.486 e. The van der Waals surface area contributed by atoms with Crippen molar-refractivity contribution in [2.75, 3.05) is 19.0 Å². The maximum absolute atomic E-state index is 12.3. The maximum atomic E-state index is 12.3. The van der Waals surface area contributed by atoms with Crippen molar-refractivity contribution in [3.05, 3.63) is 60.7 Å². The van der Waals surface area contributed by atoms with Gasteiger partial charge in [-0.05, 0) is 42.8 Å². The van der Waals surface area contributed by atoms with E-state index in [-0.39, 0.29) is 11.9 Å². The fourth-order valence-electron chi connectivity index (χ4n) is 2.89. The smallest absolute Gasteiger partial charge is 0.230 e. The fourth-order valence-corrected chi connectivity index (χ4v) is 3.62. The molecular weight excluding hydrogens is 376 g/mol. The Morgan fingerprint density at radius 1 is 1.18 bits per heavy atom. The van der Waals surface area contributed by atoms with E-state index in [0.717, 1.165) is 27.6 Å². The Hall–Kier alpha value is -3.00. The van der Waals surface area contributed by atoms with Gasteiger partial charge in [-0.1, -0.05) is 12.1 Å². The molecule has 2 heterocycles. The number of thioether (sulfide) groups is 1. The van der Waals surface area contributed by atoms with Crippen molar-refractivity contribution in [3.63, 3.8) is 0 Å². The van der Waals surface area contributed by atoms with Crippen LogP contribution in [-0.2, 0) is 4.79 Å². The molecule has 0 fully saturated rings. The van der Waals surface area contributed by atoms with Gasteiger partial charge >= 0.3 is 0 Å². The Kier molecular flexibility index (Phi) is 5.48. The molecule has 0 saturated carbocycles. The summed E-state index contributed by atoms with van der Waals surface area (Å²) in [5.41, 5.74) is 1.95. The van der Waals surface area contributed by atoms with Gasteiger partial charge in [-0.25, -0.2) is 9.67 Å². The lowest BCUT2D eigenvalue weighted by Gasteiger charge is -2.19. The standard InChI is InChI=1S/C20H20N4O3S/c1-14(15-2-4-16(5-3-15)24-13-21-12-22-24)23-20(25)11-28-17-6-7-18-19(10-17)27-9-8-26-18/h2-7,10,12-14H,8-9,11H2,1H3,(H,23,25)/t14-/m0/s1. The lowest BCUT2D eigenvalue weighted by molar-refractivity contribution is -0.119. The van der Waals surface area contributed by atoms with E-state index in [1.54, 1.807) is 11.0 Å². The van der Waals surface area contributed by atoms with Crippen molar-refractivity contribution in [1.29, 1.82) is 0 Å². The summed E-state index contributed by atoms with van der Waals surface area (Å²) in [4.78, 5) is 17.3. The summed E-state index contributed by atoms with van der Waals surface area (Å²) in [6.45, 7) is 3.09. The molecule has 0 spiro atoms. The number of carbonyl (C=O) groups is 1. The van der Waals surface area contributed by atoms with E-state index in [9.17, 15) is 4.79 Å². The van der Waals surface area contributed by atoms with Gasteiger partial charge in [-0.15, -0.1) is 11.8 Å². The zero-order chi connectivity index (χ0) is 19.3. The minimum atomic E-state index is -0.0850. The van der Waals surface area contributed by atoms with Crippen molar-refractivity contribution < 1.29 is 14.3 Å². The Morgan fingerprint density at radius 2 is 1.96 bits per heavy atom. The van der Waals surface area contributed by atoms with Gasteiger partial charge in [-0.3, -0.25) is 4.79 Å². The van der Waals surface area contributed by atoms with Crippen molar-refractivity contribution >= 4 is 17.7 Å². The second-order valence-electron chi connectivity index (χ2n) is 6.31. The highest BCUT2D eigenvalue weighted by Crippen LogP contribution is 2.34. The van der Waals surface area contributed by atoms with Crippen LogP contribution in [0.15, 0.2) is 60.0 Å². The molecule has 3 aromatic rings. The van der Waals surface area contributed by atoms with Gasteiger partial charge < -0.3 is 14.8 Å². The van der Waals surface area contributed by atoms with Gasteiger partial charge in [0.25, 0.3) is 0 Å². The lowest BCUT2D eigenvalue weighted by atomic mass is 10.1. The first-order valence-electron chi connectivity index (χ1n) is 8.96. The number of benzene rings is 2. The van der Waals surface area contributed by atoms with Crippen molar-refractivity contribution in [3.8, 4) is 17.2 Å². The molecule has 0 saturated heterocycles. The molecule has 28 heavy (non-hydrogen) atoms. The molecule has 2 aromatic carbocycles. The van der Waals surface area contributed by atoms with E-state index in [0.29, 0.717) is 19.0 Å². The molecule has 1 N–H and O–H groups in total. The van der Waals surface area contributed by atoms with E-state index in [2.05, 4.69) is 15.4 Å². The molecule has 1 aromatic heterocycles. The first kappa shape index (κ1) is 18.4. The molecular formula is C20H20N4O3S. The van der Waals surface area contributed by atoms with Crippen LogP contribution in [0.5, 0.6) is 11.5 Å². The van der Waals surface area contributed by atoms with Gasteiger partial charge in [0.1, 0.15) is 25.9 Å². The Morgan fingerprint density at radius 3 is 2.71 bits per heavy atom. The molecule has 4 rings (SSSR count). The van der Waals surface area contributed by atoms with Crippen molar-refractivity contribution in [2.24, 2.45) is 0 Å². The van der Waals surface area contributed by atoms with Gasteiger partial charge in [-0.2, -0.15) is 5.10 Å². The van der Waals surface area contributed by atoms with Crippen LogP contribution in [-0.4, -0.2) is 39.6 Å². The van der Waals surface area contributed by atoms with Crippen LogP contribution in [0.3, 0.4) is 0 Å². The summed E-state index contributed by atoms with van der Waals surface area (Å²) in [5, 5.41) is 7.14. The summed E-state index contributed by atoms with van der Waals surface area (Å²) in [7, 11) is 0. The van der Waals surface area contributed by atoms with Crippen molar-refractivity contribution in [1.82, 2.24) is 20.1 Å². The van der Waals surface area contributed by atoms with Crippen LogP contribution in [0.1, 0.15) is 18.5 Å². The van der Waals surface area contributed by atoms with Crippen LogP contribution < -0.4 is 14.8 Å². The third-order valence-electron chi connectivity index (χ3n) is 4.34. The molecule has 8 heteroatoms. The molecule has 0 unspecified atom stereocenters. The number of aromatic nitrogens is 3. The Balaban J connectivity index is 1.31. The predicted molar refractivity (Wildman–Crippen MR) is 106 cm³/mol. The SMILES string of the molecule is C[C@H](NC(=O)CSc1ccc2c(c1)OCCO2)c1ccc(-n2cncn2)cc1. The van der Waals surface area contributed by atoms with Crippen molar-refractivity contribution in [2.45, 2.75) is 17.9 Å². The third-order valence-corrected chi connectivity index (χ3v) is 5.33. The first-order valence-corrected chi connectivity index (χ1v) is 9.94. The van der Waals surface area contributed by atoms with E-state index >= 15 is 0 Å². The highest BCUT2D eigenvalue weighted by atomic mass is 32.2. The third kappa shape index (κ3) is 4.28. The average Bonchev–Trinajstić information content (AvgIpc) is 3.27. The number of hydrogen-bond donors (Lipinski definition) is 1. The van der Waals surface area contributed by atoms with Crippen LogP contribution in [0.2, 0.25) is 0 Å². The second kappa shape index (κ2) is 8.35. The van der Waals surface area contributed by atoms with Gasteiger partial charge in [0.2, 0.25) is 5.91 Å². The topological polar surface area (TPSA) is 78.3 Å². The Labute approximate surface area is 167 Å². The first-order chi connectivity index (χ1) is 13.7. The Bertz CT molecular complexity index is 945. The van der Waals surface area contributed by atoms with E-state index in [1.165, 1.54) is 18.1 Å². The zero-order valence-electron chi connectivity index (χ0n) is 15.4. The number of fused-ring (bicyclic) bond motifs is 1. The second-order valence-corrected chi connectivity index (χ2v) is 7.36. The number of rotatable bonds is 6. The summed E-state index contributed by atoms with van der Waals surface area (Å²) >= 11 is 1.47. The quantitative estimate of drug-likeness (QED) is 0.646. The zero-order valence-corrected chi connectivity index (χ0v) is 16.2. The highest BCUT2D eigenvalue weighted by molar-refractivity contribution is 8.00. The van der Waals surface area contributed by atoms with Gasteiger partial charge in [0.15, 0.2) is 11.5 Å². The number of hydrogen-bond acceptors (Lipinski definition) is 6. The van der Waals surface area contributed by atoms with E-state index in [4.69, 9.17) is 9.47 Å². The molecule has 0 radical (unpaired) electrons. The summed E-state index contributed by atoms with van der Waals surface area (Å²) in [6, 6.07) is 13.5. The number of ether oxygens (including phenoxy) is 2.